The summed E-state index contributed by atoms with van der Waals surface area (Å²) in [5.74, 6) is -0.329. The van der Waals surface area contributed by atoms with Crippen LogP contribution in [0.2, 0.25) is 5.02 Å². The molecule has 3 rings (SSSR count). The number of hydrogen-bond acceptors (Lipinski definition) is 5. The Morgan fingerprint density at radius 2 is 2.36 bits per heavy atom. The van der Waals surface area contributed by atoms with Crippen LogP contribution >= 0.6 is 11.6 Å². The molecule has 7 nitrogen and oxygen atoms in total. The topological polar surface area (TPSA) is 80.0 Å². The van der Waals surface area contributed by atoms with Gasteiger partial charge in [-0.15, -0.1) is 0 Å². The lowest BCUT2D eigenvalue weighted by Gasteiger charge is -2.28. The quantitative estimate of drug-likeness (QED) is 0.908. The Kier molecular flexibility index (Phi) is 4.03. The molecule has 0 radical (unpaired) electrons. The molecule has 22 heavy (non-hydrogen) atoms. The highest BCUT2D eigenvalue weighted by Crippen LogP contribution is 2.24. The molecule has 2 aromatic rings. The number of hydrogen-bond donors (Lipinski definition) is 1. The molecule has 3 heterocycles. The van der Waals surface area contributed by atoms with Crippen molar-refractivity contribution in [1.29, 1.82) is 0 Å². The van der Waals surface area contributed by atoms with E-state index in [9.17, 15) is 9.90 Å². The van der Waals surface area contributed by atoms with Crippen LogP contribution in [0.25, 0.3) is 5.65 Å². The molecule has 0 aromatic carbocycles. The van der Waals surface area contributed by atoms with Gasteiger partial charge in [-0.1, -0.05) is 11.6 Å². The lowest BCUT2D eigenvalue weighted by molar-refractivity contribution is 0.0515. The predicted octanol–water partition coefficient (Wildman–Crippen LogP) is 0.913. The van der Waals surface area contributed by atoms with Crippen molar-refractivity contribution in [2.45, 2.75) is 26.0 Å². The van der Waals surface area contributed by atoms with Gasteiger partial charge < -0.3 is 14.7 Å². The third kappa shape index (κ3) is 2.45. The van der Waals surface area contributed by atoms with Gasteiger partial charge in [-0.05, 0) is 19.4 Å². The van der Waals surface area contributed by atoms with Crippen molar-refractivity contribution in [3.05, 3.63) is 28.7 Å². The van der Waals surface area contributed by atoms with Crippen LogP contribution in [0.5, 0.6) is 0 Å². The number of amides is 1. The first-order valence-electron chi connectivity index (χ1n) is 7.10. The first kappa shape index (κ1) is 15.2. The number of nitrogens with zero attached hydrogens (tertiary/aromatic N) is 4. The number of carbonyl (C=O) groups is 1. The minimum absolute atomic E-state index is 0.140. The maximum absolute atomic E-state index is 12.8. The minimum Gasteiger partial charge on any atom is -0.388 e. The number of fused-ring (bicyclic) bond motifs is 1. The van der Waals surface area contributed by atoms with Gasteiger partial charge >= 0.3 is 0 Å². The van der Waals surface area contributed by atoms with Crippen molar-refractivity contribution < 1.29 is 14.6 Å². The lowest BCUT2D eigenvalue weighted by Crippen LogP contribution is -2.46. The Bertz CT molecular complexity index is 717. The van der Waals surface area contributed by atoms with Crippen LogP contribution in [-0.2, 0) is 4.74 Å². The zero-order valence-corrected chi connectivity index (χ0v) is 13.1. The number of halogens is 1. The van der Waals surface area contributed by atoms with Crippen LogP contribution < -0.4 is 0 Å². The Morgan fingerprint density at radius 3 is 3.00 bits per heavy atom. The fourth-order valence-corrected chi connectivity index (χ4v) is 2.89. The summed E-state index contributed by atoms with van der Waals surface area (Å²) in [7, 11) is 0. The highest BCUT2D eigenvalue weighted by molar-refractivity contribution is 6.36. The second-order valence-electron chi connectivity index (χ2n) is 5.33. The van der Waals surface area contributed by atoms with E-state index in [1.807, 2.05) is 13.8 Å². The number of aryl methyl sites for hydroxylation is 1. The van der Waals surface area contributed by atoms with Gasteiger partial charge in [0.15, 0.2) is 11.3 Å². The van der Waals surface area contributed by atoms with E-state index >= 15 is 0 Å². The van der Waals surface area contributed by atoms with Gasteiger partial charge in [-0.3, -0.25) is 4.79 Å². The molecule has 0 aliphatic carbocycles. The standard InChI is InChI=1S/C14H17ClN4O3/c1-3-18(9-6-22-7-10(9)20)14(21)12-11(15)13-16-4-8(2)5-19(13)17-12/h4-5,9-10,20H,3,6-7H2,1-2H3/t9-,10-/m0/s1. The van der Waals surface area contributed by atoms with Crippen LogP contribution in [0.1, 0.15) is 23.0 Å². The molecule has 0 bridgehead atoms. The molecule has 0 spiro atoms. The summed E-state index contributed by atoms with van der Waals surface area (Å²) in [5.41, 5.74) is 1.49. The van der Waals surface area contributed by atoms with Crippen LogP contribution in [0, 0.1) is 6.92 Å². The van der Waals surface area contributed by atoms with Gasteiger partial charge in [0.05, 0.1) is 25.4 Å². The fraction of sp³-hybridized carbons (Fsp3) is 0.500. The average Bonchev–Trinajstić information content (AvgIpc) is 3.04. The monoisotopic (exact) mass is 324 g/mol. The molecule has 1 aliphatic heterocycles. The lowest BCUT2D eigenvalue weighted by atomic mass is 10.1. The summed E-state index contributed by atoms with van der Waals surface area (Å²) in [5, 5.41) is 14.4. The molecular formula is C14H17ClN4O3. The number of likely N-dealkylation sites (N-methyl/N-ethyl adjacent to an activating group) is 1. The molecular weight excluding hydrogens is 308 g/mol. The number of carbonyl (C=O) groups excluding carboxylic acids is 1. The molecule has 1 amide bonds. The van der Waals surface area contributed by atoms with Crippen LogP contribution in [0.4, 0.5) is 0 Å². The van der Waals surface area contributed by atoms with Crippen molar-refractivity contribution in [1.82, 2.24) is 19.5 Å². The molecule has 8 heteroatoms. The smallest absolute Gasteiger partial charge is 0.276 e. The maximum Gasteiger partial charge on any atom is 0.276 e. The summed E-state index contributed by atoms with van der Waals surface area (Å²) in [6, 6.07) is -0.381. The minimum atomic E-state index is -0.694. The fourth-order valence-electron chi connectivity index (χ4n) is 2.63. The summed E-state index contributed by atoms with van der Waals surface area (Å²) >= 11 is 6.26. The van der Waals surface area contributed by atoms with E-state index in [2.05, 4.69) is 10.1 Å². The first-order chi connectivity index (χ1) is 10.5. The van der Waals surface area contributed by atoms with Gasteiger partial charge in [0.2, 0.25) is 0 Å². The normalized spacial score (nSPS) is 21.5. The first-order valence-corrected chi connectivity index (χ1v) is 7.48. The van der Waals surface area contributed by atoms with Crippen molar-refractivity contribution in [2.75, 3.05) is 19.8 Å². The summed E-state index contributed by atoms with van der Waals surface area (Å²) < 4.78 is 6.73. The highest BCUT2D eigenvalue weighted by atomic mass is 35.5. The molecule has 2 aromatic heterocycles. The van der Waals surface area contributed by atoms with Crippen molar-refractivity contribution in [2.24, 2.45) is 0 Å². The second kappa shape index (κ2) is 5.83. The van der Waals surface area contributed by atoms with Gasteiger partial charge in [0, 0.05) is 18.9 Å². The maximum atomic E-state index is 12.8. The van der Waals surface area contributed by atoms with E-state index in [4.69, 9.17) is 16.3 Å². The van der Waals surface area contributed by atoms with Gasteiger partial charge in [-0.25, -0.2) is 9.50 Å². The van der Waals surface area contributed by atoms with E-state index in [1.54, 1.807) is 12.4 Å². The molecule has 1 fully saturated rings. The molecule has 2 atom stereocenters. The third-order valence-corrected chi connectivity index (χ3v) is 4.12. The number of ether oxygens (including phenoxy) is 1. The summed E-state index contributed by atoms with van der Waals surface area (Å²) in [6.45, 7) is 4.70. The van der Waals surface area contributed by atoms with Crippen molar-refractivity contribution in [3.63, 3.8) is 0 Å². The van der Waals surface area contributed by atoms with E-state index in [-0.39, 0.29) is 29.3 Å². The van der Waals surface area contributed by atoms with Gasteiger partial charge in [-0.2, -0.15) is 5.10 Å². The predicted molar refractivity (Wildman–Crippen MR) is 80.1 cm³/mol. The highest BCUT2D eigenvalue weighted by Gasteiger charge is 2.36. The third-order valence-electron chi connectivity index (χ3n) is 3.77. The molecule has 0 unspecified atom stereocenters. The largest absolute Gasteiger partial charge is 0.388 e. The molecule has 1 N–H and O–H groups in total. The van der Waals surface area contributed by atoms with Crippen LogP contribution in [0.15, 0.2) is 12.4 Å². The van der Waals surface area contributed by atoms with E-state index in [1.165, 1.54) is 9.42 Å². The Morgan fingerprint density at radius 1 is 1.59 bits per heavy atom. The van der Waals surface area contributed by atoms with Gasteiger partial charge in [0.1, 0.15) is 5.02 Å². The SMILES string of the molecule is CCN(C(=O)c1nn2cc(C)cnc2c1Cl)[C@H]1COC[C@@H]1O. The Balaban J connectivity index is 1.98. The van der Waals surface area contributed by atoms with E-state index in [0.717, 1.165) is 5.56 Å². The van der Waals surface area contributed by atoms with E-state index < -0.39 is 6.10 Å². The molecule has 118 valence electrons. The summed E-state index contributed by atoms with van der Waals surface area (Å²) in [4.78, 5) is 18.5. The van der Waals surface area contributed by atoms with E-state index in [0.29, 0.717) is 18.8 Å². The zero-order chi connectivity index (χ0) is 15.9. The van der Waals surface area contributed by atoms with Crippen molar-refractivity contribution >= 4 is 23.2 Å². The average molecular weight is 325 g/mol. The zero-order valence-electron chi connectivity index (χ0n) is 12.4. The molecule has 0 saturated carbocycles. The second-order valence-corrected chi connectivity index (χ2v) is 5.70. The van der Waals surface area contributed by atoms with Crippen LogP contribution in [0.3, 0.4) is 0 Å². The number of aliphatic hydroxyl groups is 1. The molecule has 1 saturated heterocycles. The van der Waals surface area contributed by atoms with Crippen LogP contribution in [-0.4, -0.2) is 62.4 Å². The number of aliphatic hydroxyl groups excluding tert-OH is 1. The molecule has 1 aliphatic rings. The van der Waals surface area contributed by atoms with Gasteiger partial charge in [0.25, 0.3) is 5.91 Å². The Labute approximate surface area is 132 Å². The summed E-state index contributed by atoms with van der Waals surface area (Å²) in [6.07, 6.45) is 2.73. The number of aromatic nitrogens is 3. The number of rotatable bonds is 3. The Hall–Kier alpha value is -1.70. The van der Waals surface area contributed by atoms with Crippen molar-refractivity contribution in [3.8, 4) is 0 Å².